The smallest absolute Gasteiger partial charge is 0.305 e. The van der Waals surface area contributed by atoms with Crippen molar-refractivity contribution in [2.75, 3.05) is 0 Å². The van der Waals surface area contributed by atoms with Crippen molar-refractivity contribution in [3.05, 3.63) is 33.8 Å². The summed E-state index contributed by atoms with van der Waals surface area (Å²) in [6.45, 7) is 0. The van der Waals surface area contributed by atoms with Gasteiger partial charge in [0.2, 0.25) is 0 Å². The number of carbonyl (C=O) groups is 1. The molecule has 0 spiro atoms. The van der Waals surface area contributed by atoms with E-state index in [0.717, 1.165) is 0 Å². The van der Waals surface area contributed by atoms with Gasteiger partial charge in [0.1, 0.15) is 0 Å². The van der Waals surface area contributed by atoms with Gasteiger partial charge in [0.25, 0.3) is 0 Å². The second-order valence-electron chi connectivity index (χ2n) is 2.87. The molecule has 1 aromatic carbocycles. The van der Waals surface area contributed by atoms with Crippen LogP contribution in [-0.2, 0) is 4.79 Å². The van der Waals surface area contributed by atoms with Crippen LogP contribution in [0.15, 0.2) is 18.2 Å². The Kier molecular flexibility index (Phi) is 3.75. The van der Waals surface area contributed by atoms with Gasteiger partial charge in [0.15, 0.2) is 0 Å². The quantitative estimate of drug-likeness (QED) is 0.844. The zero-order chi connectivity index (χ0) is 10.7. The summed E-state index contributed by atoms with van der Waals surface area (Å²) in [5.74, 6) is -0.964. The van der Waals surface area contributed by atoms with E-state index < -0.39 is 12.0 Å². The van der Waals surface area contributed by atoms with E-state index in [1.54, 1.807) is 18.2 Å². The lowest BCUT2D eigenvalue weighted by Crippen LogP contribution is -2.15. The number of hydrogen-bond donors (Lipinski definition) is 2. The number of carboxylic acid groups (broad SMARTS) is 1. The monoisotopic (exact) mass is 233 g/mol. The Morgan fingerprint density at radius 3 is 2.71 bits per heavy atom. The van der Waals surface area contributed by atoms with Crippen molar-refractivity contribution in [3.63, 3.8) is 0 Å². The number of nitrogens with two attached hydrogens (primary N) is 1. The van der Waals surface area contributed by atoms with Gasteiger partial charge in [0.05, 0.1) is 6.42 Å². The maximum Gasteiger partial charge on any atom is 0.305 e. The van der Waals surface area contributed by atoms with Crippen LogP contribution in [0.5, 0.6) is 0 Å². The highest BCUT2D eigenvalue weighted by atomic mass is 35.5. The first-order valence-electron chi connectivity index (χ1n) is 3.93. The third kappa shape index (κ3) is 2.87. The standard InChI is InChI=1S/C9H9Cl2NO2/c10-5-1-2-7(11)6(3-5)8(12)4-9(13)14/h1-3,8H,4,12H2,(H,13,14)/t8-/m1/s1. The van der Waals surface area contributed by atoms with Crippen LogP contribution in [0.25, 0.3) is 0 Å². The first-order chi connectivity index (χ1) is 6.50. The topological polar surface area (TPSA) is 63.3 Å². The molecule has 0 bridgehead atoms. The summed E-state index contributed by atoms with van der Waals surface area (Å²) in [5.41, 5.74) is 6.20. The molecular weight excluding hydrogens is 225 g/mol. The van der Waals surface area contributed by atoms with Crippen molar-refractivity contribution < 1.29 is 9.90 Å². The molecule has 5 heteroatoms. The third-order valence-corrected chi connectivity index (χ3v) is 2.33. The minimum Gasteiger partial charge on any atom is -0.481 e. The molecule has 3 N–H and O–H groups in total. The number of halogens is 2. The lowest BCUT2D eigenvalue weighted by atomic mass is 10.1. The number of hydrogen-bond acceptors (Lipinski definition) is 2. The summed E-state index contributed by atoms with van der Waals surface area (Å²) in [4.78, 5) is 10.4. The van der Waals surface area contributed by atoms with Crippen molar-refractivity contribution in [2.24, 2.45) is 5.73 Å². The van der Waals surface area contributed by atoms with Crippen LogP contribution >= 0.6 is 23.2 Å². The maximum absolute atomic E-state index is 10.4. The first kappa shape index (κ1) is 11.3. The molecule has 0 saturated carbocycles. The van der Waals surface area contributed by atoms with E-state index in [9.17, 15) is 4.79 Å². The van der Waals surface area contributed by atoms with Gasteiger partial charge in [0, 0.05) is 16.1 Å². The molecule has 0 fully saturated rings. The van der Waals surface area contributed by atoms with Gasteiger partial charge in [-0.3, -0.25) is 4.79 Å². The minimum absolute atomic E-state index is 0.167. The van der Waals surface area contributed by atoms with E-state index in [1.165, 1.54) is 0 Å². The Bertz CT molecular complexity index is 355. The van der Waals surface area contributed by atoms with Gasteiger partial charge >= 0.3 is 5.97 Å². The molecular formula is C9H9Cl2NO2. The van der Waals surface area contributed by atoms with E-state index in [4.69, 9.17) is 34.0 Å². The largest absolute Gasteiger partial charge is 0.481 e. The highest BCUT2D eigenvalue weighted by molar-refractivity contribution is 6.33. The highest BCUT2D eigenvalue weighted by Gasteiger charge is 2.13. The van der Waals surface area contributed by atoms with Gasteiger partial charge < -0.3 is 10.8 Å². The van der Waals surface area contributed by atoms with E-state index in [-0.39, 0.29) is 6.42 Å². The van der Waals surface area contributed by atoms with Gasteiger partial charge in [-0.1, -0.05) is 23.2 Å². The first-order valence-corrected chi connectivity index (χ1v) is 4.68. The molecule has 0 aliphatic rings. The highest BCUT2D eigenvalue weighted by Crippen LogP contribution is 2.26. The normalized spacial score (nSPS) is 12.5. The Morgan fingerprint density at radius 2 is 2.14 bits per heavy atom. The summed E-state index contributed by atoms with van der Waals surface area (Å²) >= 11 is 11.6. The molecule has 0 heterocycles. The summed E-state index contributed by atoms with van der Waals surface area (Å²) in [7, 11) is 0. The maximum atomic E-state index is 10.4. The molecule has 0 amide bonds. The molecule has 0 aliphatic heterocycles. The molecule has 3 nitrogen and oxygen atoms in total. The Labute approximate surface area is 91.4 Å². The van der Waals surface area contributed by atoms with Gasteiger partial charge in [-0.25, -0.2) is 0 Å². The molecule has 1 rings (SSSR count). The van der Waals surface area contributed by atoms with Gasteiger partial charge in [-0.05, 0) is 23.8 Å². The van der Waals surface area contributed by atoms with E-state index >= 15 is 0 Å². The van der Waals surface area contributed by atoms with Crippen molar-refractivity contribution >= 4 is 29.2 Å². The van der Waals surface area contributed by atoms with Crippen molar-refractivity contribution in [2.45, 2.75) is 12.5 Å². The fourth-order valence-corrected chi connectivity index (χ4v) is 1.54. The van der Waals surface area contributed by atoms with E-state index in [0.29, 0.717) is 15.6 Å². The van der Waals surface area contributed by atoms with Crippen molar-refractivity contribution in [1.29, 1.82) is 0 Å². The molecule has 0 radical (unpaired) electrons. The Morgan fingerprint density at radius 1 is 1.50 bits per heavy atom. The van der Waals surface area contributed by atoms with Crippen molar-refractivity contribution in [1.82, 2.24) is 0 Å². The Balaban J connectivity index is 2.93. The number of aliphatic carboxylic acids is 1. The Hall–Kier alpha value is -0.770. The summed E-state index contributed by atoms with van der Waals surface area (Å²) in [6.07, 6.45) is -0.167. The van der Waals surface area contributed by atoms with Crippen LogP contribution in [0.1, 0.15) is 18.0 Å². The fraction of sp³-hybridized carbons (Fsp3) is 0.222. The van der Waals surface area contributed by atoms with Crippen LogP contribution in [-0.4, -0.2) is 11.1 Å². The molecule has 1 aromatic rings. The van der Waals surface area contributed by atoms with Crippen LogP contribution in [0, 0.1) is 0 Å². The summed E-state index contributed by atoms with van der Waals surface area (Å²) in [5, 5.41) is 9.47. The van der Waals surface area contributed by atoms with Gasteiger partial charge in [-0.2, -0.15) is 0 Å². The second kappa shape index (κ2) is 4.64. The fourth-order valence-electron chi connectivity index (χ4n) is 1.10. The zero-order valence-corrected chi connectivity index (χ0v) is 8.72. The predicted molar refractivity (Wildman–Crippen MR) is 55.6 cm³/mol. The predicted octanol–water partition coefficient (Wildman–Crippen LogP) is 2.47. The zero-order valence-electron chi connectivity index (χ0n) is 7.21. The third-order valence-electron chi connectivity index (χ3n) is 1.75. The van der Waals surface area contributed by atoms with Crippen LogP contribution in [0.2, 0.25) is 10.0 Å². The van der Waals surface area contributed by atoms with E-state index in [1.807, 2.05) is 0 Å². The molecule has 0 unspecified atom stereocenters. The second-order valence-corrected chi connectivity index (χ2v) is 3.71. The average molecular weight is 234 g/mol. The van der Waals surface area contributed by atoms with Crippen LogP contribution in [0.4, 0.5) is 0 Å². The van der Waals surface area contributed by atoms with Crippen LogP contribution in [0.3, 0.4) is 0 Å². The van der Waals surface area contributed by atoms with Gasteiger partial charge in [-0.15, -0.1) is 0 Å². The molecule has 0 saturated heterocycles. The molecule has 14 heavy (non-hydrogen) atoms. The summed E-state index contributed by atoms with van der Waals surface area (Å²) < 4.78 is 0. The molecule has 0 aromatic heterocycles. The molecule has 1 atom stereocenters. The molecule has 0 aliphatic carbocycles. The average Bonchev–Trinajstić information content (AvgIpc) is 2.08. The number of benzene rings is 1. The SMILES string of the molecule is N[C@H](CC(=O)O)c1cc(Cl)ccc1Cl. The molecule has 76 valence electrons. The lowest BCUT2D eigenvalue weighted by molar-refractivity contribution is -0.137. The number of carboxylic acids is 1. The lowest BCUT2D eigenvalue weighted by Gasteiger charge is -2.11. The minimum atomic E-state index is -0.964. The van der Waals surface area contributed by atoms with E-state index in [2.05, 4.69) is 0 Å². The number of rotatable bonds is 3. The van der Waals surface area contributed by atoms with Crippen LogP contribution < -0.4 is 5.73 Å². The summed E-state index contributed by atoms with van der Waals surface area (Å²) in [6, 6.07) is 4.18. The van der Waals surface area contributed by atoms with Crippen molar-refractivity contribution in [3.8, 4) is 0 Å².